The maximum Gasteiger partial charge on any atom is 0.0954 e. The number of hydrogen-bond acceptors (Lipinski definition) is 1. The Hall–Kier alpha value is -2.20. The molecule has 4 rings (SSSR count). The number of benzene rings is 2. The summed E-state index contributed by atoms with van der Waals surface area (Å²) in [6.07, 6.45) is 9.86. The van der Waals surface area contributed by atoms with E-state index in [1.165, 1.54) is 0 Å². The van der Waals surface area contributed by atoms with Gasteiger partial charge in [0.25, 0.3) is 0 Å². The van der Waals surface area contributed by atoms with Crippen LogP contribution in [0.15, 0.2) is 73.6 Å². The van der Waals surface area contributed by atoms with Gasteiger partial charge >= 0.3 is 0 Å². The number of rotatable bonds is 5. The van der Waals surface area contributed by atoms with Crippen molar-refractivity contribution in [1.82, 2.24) is 14.1 Å². The Morgan fingerprint density at radius 2 is 1.68 bits per heavy atom. The molecule has 1 atom stereocenters. The van der Waals surface area contributed by atoms with Gasteiger partial charge in [0.05, 0.1) is 12.4 Å². The van der Waals surface area contributed by atoms with Crippen LogP contribution in [0.1, 0.15) is 24.1 Å². The van der Waals surface area contributed by atoms with Gasteiger partial charge < -0.3 is 9.13 Å². The molecule has 0 aliphatic heterocycles. The lowest BCUT2D eigenvalue weighted by Crippen LogP contribution is -2.11. The van der Waals surface area contributed by atoms with E-state index < -0.39 is 0 Å². The molecule has 0 radical (unpaired) electrons. The highest BCUT2D eigenvalue weighted by Crippen LogP contribution is 2.39. The first-order valence-electron chi connectivity index (χ1n) is 8.95. The van der Waals surface area contributed by atoms with Crippen LogP contribution in [0.5, 0.6) is 0 Å². The van der Waals surface area contributed by atoms with Crippen molar-refractivity contribution in [3.63, 3.8) is 0 Å². The quantitative estimate of drug-likeness (QED) is 0.335. The van der Waals surface area contributed by atoms with Crippen molar-refractivity contribution in [2.45, 2.75) is 19.5 Å². The van der Waals surface area contributed by atoms with E-state index in [0.717, 1.165) is 28.8 Å². The third kappa shape index (κ3) is 3.70. The van der Waals surface area contributed by atoms with Gasteiger partial charge in [-0.15, -0.1) is 0 Å². The number of aromatic nitrogens is 3. The molecule has 142 valence electrons. The Bertz CT molecular complexity index is 1080. The molecule has 0 amide bonds. The second-order valence-corrected chi connectivity index (χ2v) is 7.82. The van der Waals surface area contributed by atoms with Crippen molar-refractivity contribution >= 4 is 34.8 Å². The molecule has 0 spiro atoms. The fourth-order valence-electron chi connectivity index (χ4n) is 3.43. The van der Waals surface area contributed by atoms with Gasteiger partial charge in [-0.1, -0.05) is 53.0 Å². The minimum absolute atomic E-state index is 0.134. The Labute approximate surface area is 179 Å². The number of imidazole rings is 1. The lowest BCUT2D eigenvalue weighted by atomic mass is 9.94. The van der Waals surface area contributed by atoms with Crippen LogP contribution in [0.4, 0.5) is 0 Å². The van der Waals surface area contributed by atoms with Crippen molar-refractivity contribution in [2.75, 3.05) is 0 Å². The van der Waals surface area contributed by atoms with E-state index in [1.807, 2.05) is 48.9 Å². The highest BCUT2D eigenvalue weighted by Gasteiger charge is 2.24. The number of aryl methyl sites for hydroxylation is 1. The zero-order valence-corrected chi connectivity index (χ0v) is 17.5. The Kier molecular flexibility index (Phi) is 5.49. The molecule has 0 bridgehead atoms. The van der Waals surface area contributed by atoms with Crippen molar-refractivity contribution in [3.8, 4) is 11.1 Å². The lowest BCUT2D eigenvalue weighted by molar-refractivity contribution is 0.672. The Morgan fingerprint density at radius 1 is 0.929 bits per heavy atom. The summed E-state index contributed by atoms with van der Waals surface area (Å²) >= 11 is 18.8. The molecule has 6 heteroatoms. The molecule has 0 aliphatic rings. The van der Waals surface area contributed by atoms with E-state index in [-0.39, 0.29) is 6.04 Å². The largest absolute Gasteiger partial charge is 0.354 e. The summed E-state index contributed by atoms with van der Waals surface area (Å²) in [4.78, 5) is 4.25. The fraction of sp³-hybridized carbons (Fsp3) is 0.136. The zero-order valence-electron chi connectivity index (χ0n) is 15.2. The molecule has 28 heavy (non-hydrogen) atoms. The summed E-state index contributed by atoms with van der Waals surface area (Å²) in [5.41, 5.74) is 4.32. The molecule has 2 heterocycles. The van der Waals surface area contributed by atoms with Crippen LogP contribution in [0.25, 0.3) is 11.1 Å². The van der Waals surface area contributed by atoms with E-state index in [1.54, 1.807) is 12.3 Å². The van der Waals surface area contributed by atoms with Crippen LogP contribution in [0, 0.1) is 0 Å². The highest BCUT2D eigenvalue weighted by molar-refractivity contribution is 6.35. The normalized spacial score (nSPS) is 12.3. The third-order valence-electron chi connectivity index (χ3n) is 4.81. The second kappa shape index (κ2) is 8.04. The highest BCUT2D eigenvalue weighted by atomic mass is 35.5. The van der Waals surface area contributed by atoms with Gasteiger partial charge in [0.2, 0.25) is 0 Å². The Morgan fingerprint density at radius 3 is 2.32 bits per heavy atom. The molecular weight excluding hydrogens is 413 g/mol. The van der Waals surface area contributed by atoms with E-state index in [0.29, 0.717) is 15.1 Å². The summed E-state index contributed by atoms with van der Waals surface area (Å²) in [5, 5.41) is 1.95. The molecule has 3 nitrogen and oxygen atoms in total. The van der Waals surface area contributed by atoms with Crippen molar-refractivity contribution in [3.05, 3.63) is 99.8 Å². The van der Waals surface area contributed by atoms with Gasteiger partial charge in [-0.3, -0.25) is 0 Å². The van der Waals surface area contributed by atoms with Gasteiger partial charge in [0, 0.05) is 57.5 Å². The molecule has 0 N–H and O–H groups in total. The lowest BCUT2D eigenvalue weighted by Gasteiger charge is -2.21. The Balaban J connectivity index is 1.94. The first kappa shape index (κ1) is 19.1. The van der Waals surface area contributed by atoms with E-state index >= 15 is 0 Å². The van der Waals surface area contributed by atoms with Gasteiger partial charge in [0.1, 0.15) is 0 Å². The summed E-state index contributed by atoms with van der Waals surface area (Å²) in [5.74, 6) is 0. The third-order valence-corrected chi connectivity index (χ3v) is 5.62. The molecular formula is C22H18Cl3N3. The molecule has 0 aliphatic carbocycles. The maximum absolute atomic E-state index is 6.61. The summed E-state index contributed by atoms with van der Waals surface area (Å²) in [6, 6.07) is 13.4. The topological polar surface area (TPSA) is 22.8 Å². The average Bonchev–Trinajstić information content (AvgIpc) is 3.35. The van der Waals surface area contributed by atoms with Crippen molar-refractivity contribution < 1.29 is 0 Å². The number of nitrogens with zero attached hydrogens (tertiary/aromatic N) is 3. The van der Waals surface area contributed by atoms with Crippen LogP contribution in [-0.2, 0) is 6.54 Å². The summed E-state index contributed by atoms with van der Waals surface area (Å²) in [6.45, 7) is 2.99. The van der Waals surface area contributed by atoms with E-state index in [4.69, 9.17) is 34.8 Å². The van der Waals surface area contributed by atoms with Gasteiger partial charge in [-0.05, 0) is 42.3 Å². The molecule has 2 aromatic heterocycles. The second-order valence-electron chi connectivity index (χ2n) is 6.54. The van der Waals surface area contributed by atoms with E-state index in [9.17, 15) is 0 Å². The summed E-state index contributed by atoms with van der Waals surface area (Å²) < 4.78 is 4.23. The minimum atomic E-state index is -0.134. The van der Waals surface area contributed by atoms with E-state index in [2.05, 4.69) is 33.4 Å². The van der Waals surface area contributed by atoms with Crippen LogP contribution < -0.4 is 0 Å². The fourth-order valence-corrected chi connectivity index (χ4v) is 4.07. The molecule has 0 saturated carbocycles. The van der Waals surface area contributed by atoms with Crippen LogP contribution >= 0.6 is 34.8 Å². The molecule has 2 aromatic carbocycles. The molecule has 0 fully saturated rings. The molecule has 0 saturated heterocycles. The van der Waals surface area contributed by atoms with Crippen molar-refractivity contribution in [2.24, 2.45) is 0 Å². The smallest absolute Gasteiger partial charge is 0.0954 e. The summed E-state index contributed by atoms with van der Waals surface area (Å²) in [7, 11) is 0. The minimum Gasteiger partial charge on any atom is -0.354 e. The number of hydrogen-bond donors (Lipinski definition) is 0. The number of halogens is 3. The average molecular weight is 431 g/mol. The predicted octanol–water partition coefficient (Wildman–Crippen LogP) is 6.97. The van der Waals surface area contributed by atoms with Crippen LogP contribution in [0.3, 0.4) is 0 Å². The first-order valence-corrected chi connectivity index (χ1v) is 10.1. The van der Waals surface area contributed by atoms with Gasteiger partial charge in [-0.2, -0.15) is 0 Å². The van der Waals surface area contributed by atoms with Crippen molar-refractivity contribution in [1.29, 1.82) is 0 Å². The predicted molar refractivity (Wildman–Crippen MR) is 116 cm³/mol. The monoisotopic (exact) mass is 429 g/mol. The van der Waals surface area contributed by atoms with Gasteiger partial charge in [0.15, 0.2) is 0 Å². The zero-order chi connectivity index (χ0) is 19.7. The maximum atomic E-state index is 6.61. The molecule has 0 unspecified atom stereocenters. The SMILES string of the molecule is CCn1cc(-c2ccc(Cl)cc2)c([C@H](c2ccc(Cl)cc2Cl)n2ccnc2)c1. The first-order chi connectivity index (χ1) is 13.6. The molecule has 4 aromatic rings. The van der Waals surface area contributed by atoms with Crippen LogP contribution in [-0.4, -0.2) is 14.1 Å². The standard InChI is InChI=1S/C22H18Cl3N3/c1-2-27-12-19(15-3-5-16(23)6-4-15)20(13-27)22(28-10-9-26-14-28)18-8-7-17(24)11-21(18)25/h3-14,22H,2H2,1H3/t22-/m0/s1. The van der Waals surface area contributed by atoms with Crippen LogP contribution in [0.2, 0.25) is 15.1 Å². The van der Waals surface area contributed by atoms with Gasteiger partial charge in [-0.25, -0.2) is 4.98 Å².